The molecule has 2 saturated heterocycles. The molecule has 2 fully saturated rings. The van der Waals surface area contributed by atoms with Crippen molar-refractivity contribution in [3.05, 3.63) is 11.2 Å². The Labute approximate surface area is 118 Å². The fourth-order valence-electron chi connectivity index (χ4n) is 3.45. The van der Waals surface area contributed by atoms with Crippen LogP contribution in [0.3, 0.4) is 0 Å². The number of anilines is 2. The molecule has 1 aromatic heterocycles. The van der Waals surface area contributed by atoms with E-state index in [1.807, 2.05) is 6.07 Å². The average molecular weight is 282 g/mol. The van der Waals surface area contributed by atoms with Crippen molar-refractivity contribution in [3.8, 4) is 0 Å². The van der Waals surface area contributed by atoms with Crippen LogP contribution >= 0.6 is 11.6 Å². The molecule has 2 aliphatic heterocycles. The number of nitrogen functional groups attached to an aromatic ring is 1. The van der Waals surface area contributed by atoms with Crippen LogP contribution in [0.1, 0.15) is 19.3 Å². The maximum absolute atomic E-state index is 5.96. The van der Waals surface area contributed by atoms with Gasteiger partial charge in [0.1, 0.15) is 11.0 Å². The van der Waals surface area contributed by atoms with Crippen LogP contribution < -0.4 is 10.6 Å². The molecular formula is C13H20ClN5. The zero-order chi connectivity index (χ0) is 13.4. The molecular weight excluding hydrogens is 262 g/mol. The Morgan fingerprint density at radius 3 is 2.95 bits per heavy atom. The van der Waals surface area contributed by atoms with E-state index >= 15 is 0 Å². The second kappa shape index (κ2) is 5.13. The zero-order valence-corrected chi connectivity index (χ0v) is 12.0. The van der Waals surface area contributed by atoms with Gasteiger partial charge in [0.15, 0.2) is 0 Å². The Bertz CT molecular complexity index is 446. The Kier molecular flexibility index (Phi) is 3.50. The van der Waals surface area contributed by atoms with E-state index in [9.17, 15) is 0 Å². The minimum absolute atomic E-state index is 0.255. The van der Waals surface area contributed by atoms with Crippen molar-refractivity contribution in [2.75, 3.05) is 37.3 Å². The lowest BCUT2D eigenvalue weighted by molar-refractivity contribution is 0.102. The second-order valence-electron chi connectivity index (χ2n) is 5.59. The summed E-state index contributed by atoms with van der Waals surface area (Å²) in [6, 6.07) is 2.53. The maximum Gasteiger partial charge on any atom is 0.223 e. The number of fused-ring (bicyclic) bond motifs is 1. The van der Waals surface area contributed by atoms with Crippen LogP contribution in [0.4, 0.5) is 11.8 Å². The quantitative estimate of drug-likeness (QED) is 0.793. The molecule has 0 saturated carbocycles. The third-order valence-corrected chi connectivity index (χ3v) is 4.56. The highest BCUT2D eigenvalue weighted by Crippen LogP contribution is 2.31. The Morgan fingerprint density at radius 2 is 2.16 bits per heavy atom. The summed E-state index contributed by atoms with van der Waals surface area (Å²) in [6.45, 7) is 3.29. The van der Waals surface area contributed by atoms with Crippen molar-refractivity contribution < 1.29 is 0 Å². The van der Waals surface area contributed by atoms with E-state index in [-0.39, 0.29) is 5.95 Å². The minimum atomic E-state index is 0.255. The van der Waals surface area contributed by atoms with Gasteiger partial charge in [-0.1, -0.05) is 11.6 Å². The summed E-state index contributed by atoms with van der Waals surface area (Å²) < 4.78 is 0. The molecule has 2 aliphatic rings. The first-order valence-electron chi connectivity index (χ1n) is 6.89. The largest absolute Gasteiger partial charge is 0.368 e. The smallest absolute Gasteiger partial charge is 0.223 e. The Hall–Kier alpha value is -1.07. The Balaban J connectivity index is 1.77. The molecule has 0 amide bonds. The summed E-state index contributed by atoms with van der Waals surface area (Å²) in [5.74, 6) is 1.84. The number of hydrogen-bond donors (Lipinski definition) is 1. The summed E-state index contributed by atoms with van der Waals surface area (Å²) >= 11 is 5.96. The van der Waals surface area contributed by atoms with Gasteiger partial charge in [0.25, 0.3) is 0 Å². The van der Waals surface area contributed by atoms with E-state index in [2.05, 4.69) is 26.8 Å². The van der Waals surface area contributed by atoms with Crippen molar-refractivity contribution in [1.29, 1.82) is 0 Å². The van der Waals surface area contributed by atoms with Crippen LogP contribution in [-0.4, -0.2) is 47.6 Å². The molecule has 0 spiro atoms. The number of likely N-dealkylation sites (tertiary alicyclic amines) is 1. The molecule has 2 N–H and O–H groups in total. The normalized spacial score (nSPS) is 28.2. The van der Waals surface area contributed by atoms with Crippen molar-refractivity contribution in [3.63, 3.8) is 0 Å². The van der Waals surface area contributed by atoms with E-state index < -0.39 is 0 Å². The molecule has 0 radical (unpaired) electrons. The number of nitrogens with two attached hydrogens (primary N) is 1. The molecule has 1 aromatic rings. The van der Waals surface area contributed by atoms with E-state index in [0.29, 0.717) is 5.15 Å². The van der Waals surface area contributed by atoms with E-state index in [1.165, 1.54) is 25.8 Å². The van der Waals surface area contributed by atoms with Gasteiger partial charge in [0.2, 0.25) is 5.95 Å². The molecule has 5 nitrogen and oxygen atoms in total. The van der Waals surface area contributed by atoms with Crippen LogP contribution in [0.25, 0.3) is 0 Å². The molecule has 19 heavy (non-hydrogen) atoms. The number of nitrogens with zero attached hydrogens (tertiary/aromatic N) is 4. The Morgan fingerprint density at radius 1 is 1.32 bits per heavy atom. The third kappa shape index (κ3) is 2.62. The summed E-state index contributed by atoms with van der Waals surface area (Å²) in [4.78, 5) is 13.0. The lowest BCUT2D eigenvalue weighted by Gasteiger charge is -2.46. The number of rotatable bonds is 1. The van der Waals surface area contributed by atoms with Gasteiger partial charge in [-0.25, -0.2) is 4.98 Å². The zero-order valence-electron chi connectivity index (χ0n) is 11.2. The van der Waals surface area contributed by atoms with Crippen molar-refractivity contribution in [1.82, 2.24) is 14.9 Å². The first kappa shape index (κ1) is 12.9. The minimum Gasteiger partial charge on any atom is -0.368 e. The lowest BCUT2D eigenvalue weighted by Crippen LogP contribution is -2.52. The molecule has 2 atom stereocenters. The fourth-order valence-corrected chi connectivity index (χ4v) is 3.63. The van der Waals surface area contributed by atoms with Gasteiger partial charge in [-0.2, -0.15) is 4.98 Å². The van der Waals surface area contributed by atoms with Gasteiger partial charge in [-0.05, 0) is 38.8 Å². The highest BCUT2D eigenvalue weighted by molar-refractivity contribution is 6.29. The van der Waals surface area contributed by atoms with Gasteiger partial charge >= 0.3 is 0 Å². The number of aromatic nitrogens is 2. The molecule has 0 aliphatic carbocycles. The van der Waals surface area contributed by atoms with Gasteiger partial charge < -0.3 is 15.5 Å². The van der Waals surface area contributed by atoms with Crippen LogP contribution in [-0.2, 0) is 0 Å². The monoisotopic (exact) mass is 281 g/mol. The fraction of sp³-hybridized carbons (Fsp3) is 0.692. The van der Waals surface area contributed by atoms with Crippen LogP contribution in [0.15, 0.2) is 6.07 Å². The molecule has 3 heterocycles. The van der Waals surface area contributed by atoms with E-state index in [1.54, 1.807) is 0 Å². The first-order valence-corrected chi connectivity index (χ1v) is 7.26. The predicted octanol–water partition coefficient (Wildman–Crippen LogP) is 1.63. The van der Waals surface area contributed by atoms with Crippen LogP contribution in [0.2, 0.25) is 5.15 Å². The van der Waals surface area contributed by atoms with Crippen LogP contribution in [0.5, 0.6) is 0 Å². The molecule has 2 unspecified atom stereocenters. The highest BCUT2D eigenvalue weighted by Gasteiger charge is 2.34. The standard InChI is InChI=1S/C13H20ClN5/c1-18-5-2-3-9-8-19(6-4-10(9)18)12-7-11(14)16-13(15)17-12/h7,9-10H,2-6,8H2,1H3,(H2,15,16,17). The average Bonchev–Trinajstić information content (AvgIpc) is 2.37. The third-order valence-electron chi connectivity index (χ3n) is 4.37. The lowest BCUT2D eigenvalue weighted by atomic mass is 9.84. The number of piperidine rings is 2. The van der Waals surface area contributed by atoms with Crippen LogP contribution in [0, 0.1) is 5.92 Å². The first-order chi connectivity index (χ1) is 9.13. The van der Waals surface area contributed by atoms with Crippen molar-refractivity contribution in [2.45, 2.75) is 25.3 Å². The van der Waals surface area contributed by atoms with E-state index in [0.717, 1.165) is 30.9 Å². The molecule has 3 rings (SSSR count). The maximum atomic E-state index is 5.96. The molecule has 104 valence electrons. The summed E-state index contributed by atoms with van der Waals surface area (Å²) in [7, 11) is 2.24. The number of hydrogen-bond acceptors (Lipinski definition) is 5. The highest BCUT2D eigenvalue weighted by atomic mass is 35.5. The summed E-state index contributed by atoms with van der Waals surface area (Å²) in [6.07, 6.45) is 3.78. The summed E-state index contributed by atoms with van der Waals surface area (Å²) in [5, 5.41) is 0.422. The van der Waals surface area contributed by atoms with Crippen molar-refractivity contribution >= 4 is 23.4 Å². The van der Waals surface area contributed by atoms with E-state index in [4.69, 9.17) is 17.3 Å². The molecule has 6 heteroatoms. The van der Waals surface area contributed by atoms with Gasteiger partial charge in [0, 0.05) is 25.2 Å². The van der Waals surface area contributed by atoms with Gasteiger partial charge in [0.05, 0.1) is 0 Å². The summed E-state index contributed by atoms with van der Waals surface area (Å²) in [5.41, 5.74) is 5.68. The second-order valence-corrected chi connectivity index (χ2v) is 5.98. The molecule has 0 aromatic carbocycles. The van der Waals surface area contributed by atoms with Gasteiger partial charge in [-0.15, -0.1) is 0 Å². The SMILES string of the molecule is CN1CCCC2CN(c3cc(Cl)nc(N)n3)CCC21. The topological polar surface area (TPSA) is 58.3 Å². The predicted molar refractivity (Wildman–Crippen MR) is 77.4 cm³/mol. The van der Waals surface area contributed by atoms with Crippen molar-refractivity contribution in [2.24, 2.45) is 5.92 Å². The van der Waals surface area contributed by atoms with Gasteiger partial charge in [-0.3, -0.25) is 0 Å². The number of halogens is 1. The molecule has 0 bridgehead atoms.